The van der Waals surface area contributed by atoms with Gasteiger partial charge in [-0.15, -0.1) is 0 Å². The molecule has 0 amide bonds. The first-order valence-electron chi connectivity index (χ1n) is 7.83. The minimum Gasteiger partial charge on any atom is -0.466 e. The first kappa shape index (κ1) is 17.5. The SMILES string of the molecule is CCOC(=O)C/C(=C\c1ccccc1)OC(=O)Cc1ccccc1. The Morgan fingerprint density at radius 1 is 0.917 bits per heavy atom. The number of hydrogen-bond donors (Lipinski definition) is 0. The molecule has 24 heavy (non-hydrogen) atoms. The van der Waals surface area contributed by atoms with E-state index >= 15 is 0 Å². The summed E-state index contributed by atoms with van der Waals surface area (Å²) in [5.74, 6) is -0.555. The fourth-order valence-electron chi connectivity index (χ4n) is 2.15. The fourth-order valence-corrected chi connectivity index (χ4v) is 2.15. The van der Waals surface area contributed by atoms with E-state index in [0.29, 0.717) is 0 Å². The van der Waals surface area contributed by atoms with E-state index in [-0.39, 0.29) is 25.2 Å². The van der Waals surface area contributed by atoms with Crippen molar-refractivity contribution in [1.82, 2.24) is 0 Å². The summed E-state index contributed by atoms with van der Waals surface area (Å²) in [6, 6.07) is 18.7. The number of esters is 2. The first-order valence-corrected chi connectivity index (χ1v) is 7.83. The van der Waals surface area contributed by atoms with Crippen LogP contribution in [-0.2, 0) is 25.5 Å². The van der Waals surface area contributed by atoms with Gasteiger partial charge in [0.05, 0.1) is 13.0 Å². The van der Waals surface area contributed by atoms with Crippen LogP contribution in [0.2, 0.25) is 0 Å². The van der Waals surface area contributed by atoms with E-state index in [4.69, 9.17) is 9.47 Å². The maximum Gasteiger partial charge on any atom is 0.315 e. The average molecular weight is 324 g/mol. The number of carbonyl (C=O) groups is 2. The van der Waals surface area contributed by atoms with E-state index < -0.39 is 11.9 Å². The van der Waals surface area contributed by atoms with Crippen molar-refractivity contribution in [3.05, 3.63) is 77.5 Å². The predicted molar refractivity (Wildman–Crippen MR) is 91.9 cm³/mol. The quantitative estimate of drug-likeness (QED) is 0.575. The van der Waals surface area contributed by atoms with Gasteiger partial charge in [-0.3, -0.25) is 9.59 Å². The lowest BCUT2D eigenvalue weighted by Crippen LogP contribution is -2.12. The third-order valence-electron chi connectivity index (χ3n) is 3.19. The van der Waals surface area contributed by atoms with E-state index in [1.165, 1.54) is 0 Å². The molecule has 0 saturated carbocycles. The molecule has 0 aromatic heterocycles. The highest BCUT2D eigenvalue weighted by Gasteiger charge is 2.13. The van der Waals surface area contributed by atoms with Gasteiger partial charge in [0.2, 0.25) is 0 Å². The van der Waals surface area contributed by atoms with Crippen LogP contribution in [-0.4, -0.2) is 18.5 Å². The van der Waals surface area contributed by atoms with Gasteiger partial charge in [-0.05, 0) is 24.1 Å². The maximum atomic E-state index is 12.1. The monoisotopic (exact) mass is 324 g/mol. The Morgan fingerprint density at radius 3 is 2.17 bits per heavy atom. The third-order valence-corrected chi connectivity index (χ3v) is 3.19. The van der Waals surface area contributed by atoms with Gasteiger partial charge in [0.15, 0.2) is 0 Å². The molecular formula is C20H20O4. The summed E-state index contributed by atoms with van der Waals surface area (Å²) >= 11 is 0. The highest BCUT2D eigenvalue weighted by atomic mass is 16.6. The molecule has 0 unspecified atom stereocenters. The molecule has 0 fully saturated rings. The van der Waals surface area contributed by atoms with Crippen LogP contribution >= 0.6 is 0 Å². The van der Waals surface area contributed by atoms with Gasteiger partial charge in [0.25, 0.3) is 0 Å². The summed E-state index contributed by atoms with van der Waals surface area (Å²) in [5, 5.41) is 0. The summed E-state index contributed by atoms with van der Waals surface area (Å²) in [4.78, 5) is 23.9. The Labute approximate surface area is 141 Å². The molecule has 0 N–H and O–H groups in total. The van der Waals surface area contributed by atoms with Crippen LogP contribution in [0.1, 0.15) is 24.5 Å². The topological polar surface area (TPSA) is 52.6 Å². The van der Waals surface area contributed by atoms with Crippen molar-refractivity contribution in [2.75, 3.05) is 6.61 Å². The fraction of sp³-hybridized carbons (Fsp3) is 0.200. The number of ether oxygens (including phenoxy) is 2. The Balaban J connectivity index is 2.08. The lowest BCUT2D eigenvalue weighted by molar-refractivity contribution is -0.144. The number of rotatable bonds is 7. The zero-order chi connectivity index (χ0) is 17.2. The lowest BCUT2D eigenvalue weighted by Gasteiger charge is -2.09. The van der Waals surface area contributed by atoms with Gasteiger partial charge in [-0.2, -0.15) is 0 Å². The molecule has 4 nitrogen and oxygen atoms in total. The van der Waals surface area contributed by atoms with Crippen molar-refractivity contribution in [3.8, 4) is 0 Å². The molecule has 4 heteroatoms. The molecule has 0 heterocycles. The van der Waals surface area contributed by atoms with E-state index in [0.717, 1.165) is 11.1 Å². The second-order valence-electron chi connectivity index (χ2n) is 5.14. The zero-order valence-electron chi connectivity index (χ0n) is 13.6. The molecule has 0 aliphatic rings. The van der Waals surface area contributed by atoms with Crippen LogP contribution in [0.3, 0.4) is 0 Å². The van der Waals surface area contributed by atoms with Gasteiger partial charge in [-0.1, -0.05) is 60.7 Å². The highest BCUT2D eigenvalue weighted by Crippen LogP contribution is 2.14. The Bertz CT molecular complexity index is 690. The van der Waals surface area contributed by atoms with Gasteiger partial charge in [0, 0.05) is 0 Å². The van der Waals surface area contributed by atoms with Crippen molar-refractivity contribution in [2.24, 2.45) is 0 Å². The summed E-state index contributed by atoms with van der Waals surface area (Å²) in [5.41, 5.74) is 1.71. The molecule has 0 saturated heterocycles. The van der Waals surface area contributed by atoms with Gasteiger partial charge in [-0.25, -0.2) is 0 Å². The Hall–Kier alpha value is -2.88. The molecule has 0 aliphatic carbocycles. The van der Waals surface area contributed by atoms with Crippen molar-refractivity contribution >= 4 is 18.0 Å². The summed E-state index contributed by atoms with van der Waals surface area (Å²) < 4.78 is 10.3. The maximum absolute atomic E-state index is 12.1. The highest BCUT2D eigenvalue weighted by molar-refractivity contribution is 5.78. The van der Waals surface area contributed by atoms with E-state index in [9.17, 15) is 9.59 Å². The Kier molecular flexibility index (Phi) is 6.77. The first-order chi connectivity index (χ1) is 11.7. The second kappa shape index (κ2) is 9.30. The van der Waals surface area contributed by atoms with Crippen LogP contribution in [0.15, 0.2) is 66.4 Å². The molecular weight excluding hydrogens is 304 g/mol. The standard InChI is InChI=1S/C20H20O4/c1-2-23-19(21)15-18(13-16-9-5-3-6-10-16)24-20(22)14-17-11-7-4-8-12-17/h3-13H,2,14-15H2,1H3/b18-13+. The van der Waals surface area contributed by atoms with Crippen LogP contribution in [0.4, 0.5) is 0 Å². The van der Waals surface area contributed by atoms with Crippen molar-refractivity contribution < 1.29 is 19.1 Å². The van der Waals surface area contributed by atoms with Crippen LogP contribution < -0.4 is 0 Å². The summed E-state index contributed by atoms with van der Waals surface area (Å²) in [6.45, 7) is 2.02. The third kappa shape index (κ3) is 6.08. The Morgan fingerprint density at radius 2 is 1.54 bits per heavy atom. The van der Waals surface area contributed by atoms with Crippen molar-refractivity contribution in [1.29, 1.82) is 0 Å². The smallest absolute Gasteiger partial charge is 0.315 e. The molecule has 2 rings (SSSR count). The molecule has 0 atom stereocenters. The van der Waals surface area contributed by atoms with Crippen LogP contribution in [0.25, 0.3) is 6.08 Å². The normalized spacial score (nSPS) is 11.0. The zero-order valence-corrected chi connectivity index (χ0v) is 13.6. The summed E-state index contributed by atoms with van der Waals surface area (Å²) in [7, 11) is 0. The predicted octanol–water partition coefficient (Wildman–Crippen LogP) is 3.77. The molecule has 2 aromatic carbocycles. The minimum atomic E-state index is -0.424. The van der Waals surface area contributed by atoms with E-state index in [2.05, 4.69) is 0 Å². The number of benzene rings is 2. The largest absolute Gasteiger partial charge is 0.466 e. The van der Waals surface area contributed by atoms with Crippen molar-refractivity contribution in [2.45, 2.75) is 19.8 Å². The molecule has 2 aromatic rings. The molecule has 0 radical (unpaired) electrons. The molecule has 0 bridgehead atoms. The molecule has 0 aliphatic heterocycles. The van der Waals surface area contributed by atoms with E-state index in [1.807, 2.05) is 60.7 Å². The average Bonchev–Trinajstić information content (AvgIpc) is 2.56. The van der Waals surface area contributed by atoms with E-state index in [1.54, 1.807) is 13.0 Å². The second-order valence-corrected chi connectivity index (χ2v) is 5.14. The molecule has 124 valence electrons. The molecule has 0 spiro atoms. The van der Waals surface area contributed by atoms with Crippen LogP contribution in [0, 0.1) is 0 Å². The van der Waals surface area contributed by atoms with Crippen molar-refractivity contribution in [3.63, 3.8) is 0 Å². The summed E-state index contributed by atoms with van der Waals surface area (Å²) in [6.07, 6.45) is 1.75. The van der Waals surface area contributed by atoms with Gasteiger partial charge in [0.1, 0.15) is 12.2 Å². The number of hydrogen-bond acceptors (Lipinski definition) is 4. The van der Waals surface area contributed by atoms with Gasteiger partial charge >= 0.3 is 11.9 Å². The minimum absolute atomic E-state index is 0.0801. The van der Waals surface area contributed by atoms with Gasteiger partial charge < -0.3 is 9.47 Å². The van der Waals surface area contributed by atoms with Crippen LogP contribution in [0.5, 0.6) is 0 Å². The lowest BCUT2D eigenvalue weighted by atomic mass is 10.1. The number of carbonyl (C=O) groups excluding carboxylic acids is 2.